The minimum absolute atomic E-state index is 0.145. The topological polar surface area (TPSA) is 54.8 Å². The second kappa shape index (κ2) is 7.85. The zero-order chi connectivity index (χ0) is 14.3. The van der Waals surface area contributed by atoms with Crippen LogP contribution in [0.3, 0.4) is 0 Å². The van der Waals surface area contributed by atoms with Crippen LogP contribution in [-0.2, 0) is 6.54 Å². The summed E-state index contributed by atoms with van der Waals surface area (Å²) in [6, 6.07) is 1.63. The Morgan fingerprint density at radius 1 is 1.37 bits per heavy atom. The molecule has 0 aliphatic carbocycles. The van der Waals surface area contributed by atoms with E-state index in [1.807, 2.05) is 0 Å². The van der Waals surface area contributed by atoms with Gasteiger partial charge >= 0.3 is 0 Å². The summed E-state index contributed by atoms with van der Waals surface area (Å²) >= 11 is 0. The number of aliphatic hydroxyl groups excluding tert-OH is 1. The summed E-state index contributed by atoms with van der Waals surface area (Å²) in [7, 11) is 2.96. The first-order valence-corrected chi connectivity index (χ1v) is 5.79. The molecule has 1 N–H and O–H groups in total. The molecule has 0 spiro atoms. The van der Waals surface area contributed by atoms with Gasteiger partial charge in [0.25, 0.3) is 6.43 Å². The zero-order valence-electron chi connectivity index (χ0n) is 11.0. The van der Waals surface area contributed by atoms with Gasteiger partial charge in [-0.05, 0) is 0 Å². The van der Waals surface area contributed by atoms with Gasteiger partial charge in [0.15, 0.2) is 11.5 Å². The van der Waals surface area contributed by atoms with E-state index < -0.39 is 13.0 Å². The molecule has 0 saturated carbocycles. The Kier molecular flexibility index (Phi) is 6.44. The van der Waals surface area contributed by atoms with Crippen LogP contribution in [0, 0.1) is 0 Å². The molecule has 0 atom stereocenters. The molecule has 0 aliphatic heterocycles. The van der Waals surface area contributed by atoms with Gasteiger partial charge in [-0.15, -0.1) is 0 Å². The summed E-state index contributed by atoms with van der Waals surface area (Å²) in [6.07, 6.45) is -0.945. The van der Waals surface area contributed by atoms with Gasteiger partial charge in [0.1, 0.15) is 5.69 Å². The van der Waals surface area contributed by atoms with Crippen LogP contribution >= 0.6 is 0 Å². The van der Waals surface area contributed by atoms with Gasteiger partial charge in [-0.25, -0.2) is 8.78 Å². The van der Waals surface area contributed by atoms with Crippen LogP contribution in [0.25, 0.3) is 0 Å². The molecular formula is C12H18F2N2O3. The Morgan fingerprint density at radius 2 is 2.11 bits per heavy atom. The van der Waals surface area contributed by atoms with Crippen LogP contribution in [-0.4, -0.2) is 55.3 Å². The smallest absolute Gasteiger partial charge is 0.251 e. The van der Waals surface area contributed by atoms with E-state index in [0.717, 1.165) is 0 Å². The van der Waals surface area contributed by atoms with E-state index in [0.29, 0.717) is 17.2 Å². The highest BCUT2D eigenvalue weighted by Crippen LogP contribution is 2.29. The number of hydrogen-bond donors (Lipinski definition) is 1. The van der Waals surface area contributed by atoms with Crippen molar-refractivity contribution < 1.29 is 23.4 Å². The average molecular weight is 276 g/mol. The van der Waals surface area contributed by atoms with E-state index in [2.05, 4.69) is 4.98 Å². The van der Waals surface area contributed by atoms with Crippen LogP contribution in [0.1, 0.15) is 5.69 Å². The maximum Gasteiger partial charge on any atom is 0.251 e. The highest BCUT2D eigenvalue weighted by Gasteiger charge is 2.17. The zero-order valence-corrected chi connectivity index (χ0v) is 11.0. The lowest BCUT2D eigenvalue weighted by Gasteiger charge is -2.21. The minimum Gasteiger partial charge on any atom is -0.493 e. The predicted octanol–water partition coefficient (Wildman–Crippen LogP) is 1.16. The second-order valence-electron chi connectivity index (χ2n) is 3.84. The number of methoxy groups -OCH3 is 2. The fourth-order valence-corrected chi connectivity index (χ4v) is 1.75. The van der Waals surface area contributed by atoms with Crippen LogP contribution in [0.4, 0.5) is 8.78 Å². The number of rotatable bonds is 8. The quantitative estimate of drug-likeness (QED) is 0.772. The van der Waals surface area contributed by atoms with Crippen molar-refractivity contribution >= 4 is 0 Å². The van der Waals surface area contributed by atoms with Crippen LogP contribution in [0.15, 0.2) is 12.3 Å². The van der Waals surface area contributed by atoms with Crippen molar-refractivity contribution in [1.29, 1.82) is 0 Å². The summed E-state index contributed by atoms with van der Waals surface area (Å²) < 4.78 is 35.2. The third-order valence-electron chi connectivity index (χ3n) is 2.55. The molecule has 0 saturated heterocycles. The molecule has 7 heteroatoms. The lowest BCUT2D eigenvalue weighted by atomic mass is 10.2. The first kappa shape index (κ1) is 15.6. The van der Waals surface area contributed by atoms with Crippen molar-refractivity contribution in [2.75, 3.05) is 33.9 Å². The van der Waals surface area contributed by atoms with Crippen molar-refractivity contribution in [2.45, 2.75) is 13.0 Å². The number of hydrogen-bond acceptors (Lipinski definition) is 5. The Morgan fingerprint density at radius 3 is 2.63 bits per heavy atom. The van der Waals surface area contributed by atoms with E-state index in [4.69, 9.17) is 14.6 Å². The van der Waals surface area contributed by atoms with Crippen LogP contribution in [0.2, 0.25) is 0 Å². The molecule has 0 fully saturated rings. The Balaban J connectivity index is 2.88. The summed E-state index contributed by atoms with van der Waals surface area (Å²) in [6.45, 7) is -0.320. The number of pyridine rings is 1. The Hall–Kier alpha value is -1.47. The Bertz CT molecular complexity index is 391. The van der Waals surface area contributed by atoms with E-state index in [-0.39, 0.29) is 19.7 Å². The summed E-state index contributed by atoms with van der Waals surface area (Å²) in [4.78, 5) is 5.53. The number of aromatic nitrogens is 1. The number of ether oxygens (including phenoxy) is 2. The largest absolute Gasteiger partial charge is 0.493 e. The molecule has 1 heterocycles. The fraction of sp³-hybridized carbons (Fsp3) is 0.583. The number of alkyl halides is 2. The molecular weight excluding hydrogens is 258 g/mol. The number of halogens is 2. The first-order valence-electron chi connectivity index (χ1n) is 5.79. The molecule has 108 valence electrons. The van der Waals surface area contributed by atoms with E-state index >= 15 is 0 Å². The van der Waals surface area contributed by atoms with Crippen LogP contribution in [0.5, 0.6) is 11.5 Å². The van der Waals surface area contributed by atoms with Crippen molar-refractivity contribution in [3.8, 4) is 11.5 Å². The van der Waals surface area contributed by atoms with Gasteiger partial charge in [-0.3, -0.25) is 9.88 Å². The van der Waals surface area contributed by atoms with Crippen molar-refractivity contribution in [2.24, 2.45) is 0 Å². The molecule has 1 aromatic rings. The minimum atomic E-state index is -2.47. The normalized spacial score (nSPS) is 11.1. The highest BCUT2D eigenvalue weighted by atomic mass is 19.3. The van der Waals surface area contributed by atoms with Crippen molar-refractivity contribution in [1.82, 2.24) is 9.88 Å². The number of aliphatic hydroxyl groups is 1. The van der Waals surface area contributed by atoms with Gasteiger partial charge < -0.3 is 14.6 Å². The van der Waals surface area contributed by atoms with Crippen LogP contribution < -0.4 is 9.47 Å². The lowest BCUT2D eigenvalue weighted by Crippen LogP contribution is -2.31. The van der Waals surface area contributed by atoms with E-state index in [1.165, 1.54) is 25.3 Å². The first-order chi connectivity index (χ1) is 9.12. The van der Waals surface area contributed by atoms with Gasteiger partial charge in [0.05, 0.1) is 27.4 Å². The van der Waals surface area contributed by atoms with Gasteiger partial charge in [0, 0.05) is 25.4 Å². The van der Waals surface area contributed by atoms with Gasteiger partial charge in [-0.1, -0.05) is 0 Å². The molecule has 1 rings (SSSR count). The standard InChI is InChI=1S/C12H18F2N2O3/c1-18-10-3-4-15-9(12(10)19-2)7-16(5-6-17)8-11(13)14/h3-4,11,17H,5-8H2,1-2H3. The molecule has 0 bridgehead atoms. The summed E-state index contributed by atoms with van der Waals surface area (Å²) in [5, 5.41) is 8.89. The SMILES string of the molecule is COc1ccnc(CN(CCO)CC(F)F)c1OC. The monoisotopic (exact) mass is 276 g/mol. The van der Waals surface area contributed by atoms with Crippen molar-refractivity contribution in [3.63, 3.8) is 0 Å². The molecule has 5 nitrogen and oxygen atoms in total. The molecule has 1 aromatic heterocycles. The third-order valence-corrected chi connectivity index (χ3v) is 2.55. The van der Waals surface area contributed by atoms with Crippen molar-refractivity contribution in [3.05, 3.63) is 18.0 Å². The predicted molar refractivity (Wildman–Crippen MR) is 65.7 cm³/mol. The molecule has 0 amide bonds. The maximum absolute atomic E-state index is 12.4. The number of nitrogens with zero attached hydrogens (tertiary/aromatic N) is 2. The molecule has 0 aromatic carbocycles. The van der Waals surface area contributed by atoms with Gasteiger partial charge in [0.2, 0.25) is 0 Å². The highest BCUT2D eigenvalue weighted by molar-refractivity contribution is 5.42. The maximum atomic E-state index is 12.4. The average Bonchev–Trinajstić information content (AvgIpc) is 2.37. The molecule has 0 radical (unpaired) electrons. The lowest BCUT2D eigenvalue weighted by molar-refractivity contribution is 0.0735. The fourth-order valence-electron chi connectivity index (χ4n) is 1.75. The van der Waals surface area contributed by atoms with E-state index in [9.17, 15) is 8.78 Å². The molecule has 0 aliphatic rings. The van der Waals surface area contributed by atoms with Gasteiger partial charge in [-0.2, -0.15) is 0 Å². The van der Waals surface area contributed by atoms with E-state index in [1.54, 1.807) is 6.07 Å². The second-order valence-corrected chi connectivity index (χ2v) is 3.84. The molecule has 0 unspecified atom stereocenters. The summed E-state index contributed by atoms with van der Waals surface area (Å²) in [5.41, 5.74) is 0.496. The molecule has 19 heavy (non-hydrogen) atoms. The summed E-state index contributed by atoms with van der Waals surface area (Å²) in [5.74, 6) is 0.913. The Labute approximate surface area is 110 Å². The third kappa shape index (κ3) is 4.60.